The maximum absolute atomic E-state index is 10.7. The maximum atomic E-state index is 10.7. The van der Waals surface area contributed by atoms with E-state index in [4.69, 9.17) is 0 Å². The maximum Gasteiger partial charge on any atom is 0.134 e. The molecule has 0 amide bonds. The molecule has 1 nitrogen and oxygen atoms in total. The van der Waals surface area contributed by atoms with Crippen molar-refractivity contribution in [2.24, 2.45) is 0 Å². The third kappa shape index (κ3) is 1.23. The van der Waals surface area contributed by atoms with Crippen molar-refractivity contribution in [2.45, 2.75) is 25.7 Å². The van der Waals surface area contributed by atoms with Gasteiger partial charge in [-0.25, -0.2) is 0 Å². The molecule has 1 aliphatic carbocycles. The molecule has 2 rings (SSSR count). The fraction of sp³-hybridized carbons (Fsp3) is 0.444. The highest BCUT2D eigenvalue weighted by molar-refractivity contribution is 7.12. The normalized spacial score (nSPS) is 18.5. The van der Waals surface area contributed by atoms with Crippen LogP contribution in [0.2, 0.25) is 0 Å². The van der Waals surface area contributed by atoms with Crippen molar-refractivity contribution in [3.63, 3.8) is 0 Å². The van der Waals surface area contributed by atoms with E-state index in [9.17, 15) is 4.79 Å². The molecule has 1 aromatic heterocycles. The van der Waals surface area contributed by atoms with Crippen LogP contribution in [0.4, 0.5) is 0 Å². The smallest absolute Gasteiger partial charge is 0.134 e. The van der Waals surface area contributed by atoms with Crippen LogP contribution in [0.15, 0.2) is 12.1 Å². The summed E-state index contributed by atoms with van der Waals surface area (Å²) in [6.45, 7) is 2.11. The SMILES string of the molecule is Cc1ccc(C2CC(=O)C2)s1. The molecule has 0 spiro atoms. The van der Waals surface area contributed by atoms with Gasteiger partial charge in [0.1, 0.15) is 5.78 Å². The van der Waals surface area contributed by atoms with Crippen molar-refractivity contribution in [1.82, 2.24) is 0 Å². The highest BCUT2D eigenvalue weighted by atomic mass is 32.1. The van der Waals surface area contributed by atoms with E-state index >= 15 is 0 Å². The van der Waals surface area contributed by atoms with Crippen molar-refractivity contribution < 1.29 is 4.79 Å². The molecule has 1 saturated carbocycles. The predicted octanol–water partition coefficient (Wildman–Crippen LogP) is 2.50. The topological polar surface area (TPSA) is 17.1 Å². The number of ketones is 1. The quantitative estimate of drug-likeness (QED) is 0.626. The van der Waals surface area contributed by atoms with Gasteiger partial charge in [-0.1, -0.05) is 0 Å². The summed E-state index contributed by atoms with van der Waals surface area (Å²) in [5.74, 6) is 0.974. The van der Waals surface area contributed by atoms with E-state index in [-0.39, 0.29) is 0 Å². The Bertz CT molecular complexity index is 280. The lowest BCUT2D eigenvalue weighted by Gasteiger charge is -2.22. The highest BCUT2D eigenvalue weighted by Gasteiger charge is 2.28. The monoisotopic (exact) mass is 166 g/mol. The van der Waals surface area contributed by atoms with E-state index in [2.05, 4.69) is 19.1 Å². The van der Waals surface area contributed by atoms with Gasteiger partial charge in [0.25, 0.3) is 0 Å². The molecule has 0 aliphatic heterocycles. The number of carbonyl (C=O) groups excluding carboxylic acids is 1. The number of carbonyl (C=O) groups is 1. The molecule has 1 aromatic rings. The molecule has 0 saturated heterocycles. The van der Waals surface area contributed by atoms with Crippen molar-refractivity contribution in [3.05, 3.63) is 21.9 Å². The Kier molecular flexibility index (Phi) is 1.57. The third-order valence-corrected chi connectivity index (χ3v) is 3.27. The van der Waals surface area contributed by atoms with E-state index < -0.39 is 0 Å². The van der Waals surface area contributed by atoms with Crippen LogP contribution in [0.5, 0.6) is 0 Å². The first-order valence-corrected chi connectivity index (χ1v) is 4.65. The number of thiophene rings is 1. The van der Waals surface area contributed by atoms with E-state index in [1.807, 2.05) is 11.3 Å². The summed E-state index contributed by atoms with van der Waals surface area (Å²) in [5, 5.41) is 0. The lowest BCUT2D eigenvalue weighted by molar-refractivity contribution is -0.124. The summed E-state index contributed by atoms with van der Waals surface area (Å²) < 4.78 is 0. The van der Waals surface area contributed by atoms with Crippen LogP contribution in [0.25, 0.3) is 0 Å². The third-order valence-electron chi connectivity index (χ3n) is 2.11. The van der Waals surface area contributed by atoms with Crippen LogP contribution in [0.1, 0.15) is 28.5 Å². The molecule has 0 aromatic carbocycles. The zero-order chi connectivity index (χ0) is 7.84. The number of hydrogen-bond donors (Lipinski definition) is 0. The second kappa shape index (κ2) is 2.45. The van der Waals surface area contributed by atoms with Crippen LogP contribution >= 0.6 is 11.3 Å². The Balaban J connectivity index is 2.12. The number of aryl methyl sites for hydroxylation is 1. The number of rotatable bonds is 1. The lowest BCUT2D eigenvalue weighted by Crippen LogP contribution is -2.19. The van der Waals surface area contributed by atoms with Gasteiger partial charge >= 0.3 is 0 Å². The van der Waals surface area contributed by atoms with E-state index in [1.54, 1.807) is 0 Å². The minimum Gasteiger partial charge on any atom is -0.300 e. The zero-order valence-electron chi connectivity index (χ0n) is 6.46. The highest BCUT2D eigenvalue weighted by Crippen LogP contribution is 2.37. The predicted molar refractivity (Wildman–Crippen MR) is 46.0 cm³/mol. The Morgan fingerprint density at radius 2 is 2.18 bits per heavy atom. The molecular weight excluding hydrogens is 156 g/mol. The average Bonchev–Trinajstić information content (AvgIpc) is 2.29. The van der Waals surface area contributed by atoms with Gasteiger partial charge < -0.3 is 0 Å². The van der Waals surface area contributed by atoms with Crippen molar-refractivity contribution >= 4 is 17.1 Å². The van der Waals surface area contributed by atoms with Gasteiger partial charge in [-0.05, 0) is 19.1 Å². The fourth-order valence-electron chi connectivity index (χ4n) is 1.36. The molecule has 0 atom stereocenters. The molecule has 1 aliphatic rings. The van der Waals surface area contributed by atoms with Gasteiger partial charge in [-0.15, -0.1) is 11.3 Å². The summed E-state index contributed by atoms with van der Waals surface area (Å²) >= 11 is 1.82. The van der Waals surface area contributed by atoms with Crippen molar-refractivity contribution in [2.75, 3.05) is 0 Å². The van der Waals surface area contributed by atoms with Crippen LogP contribution in [0.3, 0.4) is 0 Å². The standard InChI is InChI=1S/C9H10OS/c1-6-2-3-9(11-6)7-4-8(10)5-7/h2-3,7H,4-5H2,1H3. The minimum absolute atomic E-state index is 0.418. The number of hydrogen-bond acceptors (Lipinski definition) is 2. The minimum atomic E-state index is 0.418. The molecule has 2 heteroatoms. The molecule has 0 bridgehead atoms. The van der Waals surface area contributed by atoms with Gasteiger partial charge in [0.2, 0.25) is 0 Å². The van der Waals surface area contributed by atoms with Crippen LogP contribution in [0, 0.1) is 6.92 Å². The Morgan fingerprint density at radius 1 is 1.45 bits per heavy atom. The van der Waals surface area contributed by atoms with Crippen LogP contribution in [-0.4, -0.2) is 5.78 Å². The first-order chi connectivity index (χ1) is 5.25. The summed E-state index contributed by atoms with van der Waals surface area (Å²) in [7, 11) is 0. The van der Waals surface area contributed by atoms with Gasteiger partial charge in [0.05, 0.1) is 0 Å². The van der Waals surface area contributed by atoms with Gasteiger partial charge in [0.15, 0.2) is 0 Å². The number of Topliss-reactive ketones (excluding diaryl/α,β-unsaturated/α-hetero) is 1. The fourth-order valence-corrected chi connectivity index (χ4v) is 2.34. The summed E-state index contributed by atoms with van der Waals surface area (Å²) in [6, 6.07) is 4.28. The first-order valence-electron chi connectivity index (χ1n) is 3.84. The van der Waals surface area contributed by atoms with Gasteiger partial charge in [-0.2, -0.15) is 0 Å². The van der Waals surface area contributed by atoms with Gasteiger partial charge in [-0.3, -0.25) is 4.79 Å². The second-order valence-corrected chi connectivity index (χ2v) is 4.41. The molecule has 0 unspecified atom stereocenters. The zero-order valence-corrected chi connectivity index (χ0v) is 7.28. The molecule has 11 heavy (non-hydrogen) atoms. The largest absolute Gasteiger partial charge is 0.300 e. The Labute approximate surface area is 70.1 Å². The molecule has 1 fully saturated rings. The summed E-state index contributed by atoms with van der Waals surface area (Å²) in [4.78, 5) is 13.4. The Morgan fingerprint density at radius 3 is 2.64 bits per heavy atom. The van der Waals surface area contributed by atoms with Crippen molar-refractivity contribution in [1.29, 1.82) is 0 Å². The Hall–Kier alpha value is -0.630. The molecule has 0 N–H and O–H groups in total. The van der Waals surface area contributed by atoms with E-state index in [1.165, 1.54) is 9.75 Å². The summed E-state index contributed by atoms with van der Waals surface area (Å²) in [5.41, 5.74) is 0. The summed E-state index contributed by atoms with van der Waals surface area (Å²) in [6.07, 6.45) is 1.56. The average molecular weight is 166 g/mol. The van der Waals surface area contributed by atoms with Crippen LogP contribution < -0.4 is 0 Å². The van der Waals surface area contributed by atoms with E-state index in [0.717, 1.165) is 12.8 Å². The second-order valence-electron chi connectivity index (χ2n) is 3.09. The molecule has 58 valence electrons. The van der Waals surface area contributed by atoms with Crippen LogP contribution in [-0.2, 0) is 4.79 Å². The lowest BCUT2D eigenvalue weighted by atomic mass is 9.83. The first kappa shape index (κ1) is 7.04. The van der Waals surface area contributed by atoms with E-state index in [0.29, 0.717) is 11.7 Å². The van der Waals surface area contributed by atoms with Crippen molar-refractivity contribution in [3.8, 4) is 0 Å². The molecule has 0 radical (unpaired) electrons. The van der Waals surface area contributed by atoms with Gasteiger partial charge in [0, 0.05) is 28.5 Å². The molecule has 1 heterocycles. The molecular formula is C9H10OS.